The number of hydrogen-bond donors (Lipinski definition) is 1. The van der Waals surface area contributed by atoms with Gasteiger partial charge >= 0.3 is 5.97 Å². The van der Waals surface area contributed by atoms with E-state index in [9.17, 15) is 13.6 Å². The molecule has 1 N–H and O–H groups in total. The molecule has 0 amide bonds. The van der Waals surface area contributed by atoms with E-state index in [-0.39, 0.29) is 23.5 Å². The summed E-state index contributed by atoms with van der Waals surface area (Å²) in [5.41, 5.74) is -0.0956. The molecule has 0 unspecified atom stereocenters. The van der Waals surface area contributed by atoms with Crippen LogP contribution in [0.2, 0.25) is 0 Å². The molecule has 110 valence electrons. The van der Waals surface area contributed by atoms with Crippen molar-refractivity contribution in [3.05, 3.63) is 59.2 Å². The molecule has 0 spiro atoms. The molecule has 0 saturated heterocycles. The molecular weight excluding hydrogens is 282 g/mol. The van der Waals surface area contributed by atoms with Crippen molar-refractivity contribution in [3.8, 4) is 11.5 Å². The van der Waals surface area contributed by atoms with Crippen molar-refractivity contribution in [2.45, 2.75) is 6.61 Å². The number of aromatic carboxylic acids is 1. The van der Waals surface area contributed by atoms with E-state index in [1.54, 1.807) is 0 Å². The third-order valence-corrected chi connectivity index (χ3v) is 2.81. The SMILES string of the molecule is COc1ccc(C(=O)O)c(OCc2cc(F)ccc2F)c1. The highest BCUT2D eigenvalue weighted by Gasteiger charge is 2.14. The number of carboxylic acids is 1. The van der Waals surface area contributed by atoms with Gasteiger partial charge in [-0.3, -0.25) is 0 Å². The molecule has 0 radical (unpaired) electrons. The Kier molecular flexibility index (Phi) is 4.37. The zero-order chi connectivity index (χ0) is 15.4. The maximum Gasteiger partial charge on any atom is 0.339 e. The third kappa shape index (κ3) is 3.47. The first-order valence-electron chi connectivity index (χ1n) is 5.99. The minimum absolute atomic E-state index is 0.00541. The number of benzene rings is 2. The topological polar surface area (TPSA) is 55.8 Å². The second-order valence-electron chi connectivity index (χ2n) is 4.19. The normalized spacial score (nSPS) is 10.2. The molecule has 0 atom stereocenters. The number of rotatable bonds is 5. The molecule has 0 saturated carbocycles. The number of carboxylic acid groups (broad SMARTS) is 1. The van der Waals surface area contributed by atoms with Crippen molar-refractivity contribution in [1.82, 2.24) is 0 Å². The molecule has 21 heavy (non-hydrogen) atoms. The molecule has 2 aromatic rings. The lowest BCUT2D eigenvalue weighted by molar-refractivity contribution is 0.0691. The molecule has 0 bridgehead atoms. The molecule has 0 aromatic heterocycles. The summed E-state index contributed by atoms with van der Waals surface area (Å²) in [5, 5.41) is 9.07. The molecule has 0 fully saturated rings. The first kappa shape index (κ1) is 14.8. The van der Waals surface area contributed by atoms with Crippen molar-refractivity contribution < 1.29 is 28.2 Å². The van der Waals surface area contributed by atoms with E-state index in [1.807, 2.05) is 0 Å². The number of ether oxygens (including phenoxy) is 2. The van der Waals surface area contributed by atoms with E-state index in [4.69, 9.17) is 14.6 Å². The molecule has 6 heteroatoms. The van der Waals surface area contributed by atoms with Crippen LogP contribution in [0.15, 0.2) is 36.4 Å². The summed E-state index contributed by atoms with van der Waals surface area (Å²) in [6.45, 7) is -0.295. The average Bonchev–Trinajstić information content (AvgIpc) is 2.47. The summed E-state index contributed by atoms with van der Waals surface area (Å²) in [7, 11) is 1.42. The van der Waals surface area contributed by atoms with Crippen LogP contribution in [0.4, 0.5) is 8.78 Å². The number of hydrogen-bond acceptors (Lipinski definition) is 3. The predicted octanol–water partition coefficient (Wildman–Crippen LogP) is 3.25. The van der Waals surface area contributed by atoms with Crippen LogP contribution in [0.5, 0.6) is 11.5 Å². The fourth-order valence-electron chi connectivity index (χ4n) is 1.74. The van der Waals surface area contributed by atoms with Crippen molar-refractivity contribution in [2.75, 3.05) is 7.11 Å². The van der Waals surface area contributed by atoms with Crippen molar-refractivity contribution in [3.63, 3.8) is 0 Å². The molecular formula is C15H12F2O4. The Morgan fingerprint density at radius 3 is 2.62 bits per heavy atom. The number of methoxy groups -OCH3 is 1. The van der Waals surface area contributed by atoms with Crippen LogP contribution in [0.3, 0.4) is 0 Å². The summed E-state index contributed by atoms with van der Waals surface area (Å²) in [6, 6.07) is 7.14. The highest BCUT2D eigenvalue weighted by atomic mass is 19.1. The third-order valence-electron chi connectivity index (χ3n) is 2.81. The lowest BCUT2D eigenvalue weighted by Gasteiger charge is -2.11. The fraction of sp³-hybridized carbons (Fsp3) is 0.133. The van der Waals surface area contributed by atoms with Crippen molar-refractivity contribution in [1.29, 1.82) is 0 Å². The second kappa shape index (κ2) is 6.21. The van der Waals surface area contributed by atoms with Gasteiger partial charge in [0.25, 0.3) is 0 Å². The van der Waals surface area contributed by atoms with Gasteiger partial charge in [-0.25, -0.2) is 13.6 Å². The van der Waals surface area contributed by atoms with Gasteiger partial charge in [-0.05, 0) is 30.3 Å². The number of carbonyl (C=O) groups is 1. The Balaban J connectivity index is 2.26. The zero-order valence-corrected chi connectivity index (χ0v) is 11.1. The van der Waals surface area contributed by atoms with Gasteiger partial charge in [0.15, 0.2) is 0 Å². The molecule has 0 aliphatic heterocycles. The van der Waals surface area contributed by atoms with Crippen LogP contribution in [0.25, 0.3) is 0 Å². The first-order chi connectivity index (χ1) is 10.0. The Hall–Kier alpha value is -2.63. The van der Waals surface area contributed by atoms with E-state index in [2.05, 4.69) is 0 Å². The summed E-state index contributed by atoms with van der Waals surface area (Å²) >= 11 is 0. The quantitative estimate of drug-likeness (QED) is 0.919. The molecule has 4 nitrogen and oxygen atoms in total. The lowest BCUT2D eigenvalue weighted by Crippen LogP contribution is -2.05. The second-order valence-corrected chi connectivity index (χ2v) is 4.19. The van der Waals surface area contributed by atoms with Crippen LogP contribution in [0, 0.1) is 11.6 Å². The largest absolute Gasteiger partial charge is 0.497 e. The molecule has 2 rings (SSSR count). The van der Waals surface area contributed by atoms with Crippen LogP contribution < -0.4 is 9.47 Å². The summed E-state index contributed by atoms with van der Waals surface area (Å²) < 4.78 is 36.8. The van der Waals surface area contributed by atoms with Gasteiger partial charge in [-0.1, -0.05) is 0 Å². The predicted molar refractivity (Wildman–Crippen MR) is 70.6 cm³/mol. The maximum atomic E-state index is 13.5. The van der Waals surface area contributed by atoms with E-state index < -0.39 is 17.6 Å². The van der Waals surface area contributed by atoms with Gasteiger partial charge in [0.05, 0.1) is 7.11 Å². The highest BCUT2D eigenvalue weighted by molar-refractivity contribution is 5.91. The van der Waals surface area contributed by atoms with Crippen molar-refractivity contribution in [2.24, 2.45) is 0 Å². The smallest absolute Gasteiger partial charge is 0.339 e. The maximum absolute atomic E-state index is 13.5. The standard InChI is InChI=1S/C15H12F2O4/c1-20-11-3-4-12(15(18)19)14(7-11)21-8-9-6-10(16)2-5-13(9)17/h2-7H,8H2,1H3,(H,18,19). The monoisotopic (exact) mass is 294 g/mol. The van der Waals surface area contributed by atoms with E-state index >= 15 is 0 Å². The fourth-order valence-corrected chi connectivity index (χ4v) is 1.74. The molecule has 2 aromatic carbocycles. The lowest BCUT2D eigenvalue weighted by atomic mass is 10.2. The van der Waals surface area contributed by atoms with E-state index in [1.165, 1.54) is 25.3 Å². The van der Waals surface area contributed by atoms with Crippen molar-refractivity contribution >= 4 is 5.97 Å². The van der Waals surface area contributed by atoms with Gasteiger partial charge in [0.2, 0.25) is 0 Å². The minimum atomic E-state index is -1.19. The van der Waals surface area contributed by atoms with Gasteiger partial charge < -0.3 is 14.6 Å². The number of halogens is 2. The Morgan fingerprint density at radius 2 is 1.95 bits per heavy atom. The molecule has 0 aliphatic carbocycles. The average molecular weight is 294 g/mol. The van der Waals surface area contributed by atoms with Gasteiger partial charge in [0.1, 0.15) is 35.3 Å². The molecule has 0 aliphatic rings. The van der Waals surface area contributed by atoms with Gasteiger partial charge in [0, 0.05) is 11.6 Å². The minimum Gasteiger partial charge on any atom is -0.497 e. The summed E-state index contributed by atoms with van der Waals surface area (Å²) in [4.78, 5) is 11.1. The Labute approximate surface area is 119 Å². The van der Waals surface area contributed by atoms with E-state index in [0.717, 1.165) is 18.2 Å². The van der Waals surface area contributed by atoms with Crippen LogP contribution in [0.1, 0.15) is 15.9 Å². The van der Waals surface area contributed by atoms with Gasteiger partial charge in [-0.2, -0.15) is 0 Å². The highest BCUT2D eigenvalue weighted by Crippen LogP contribution is 2.26. The molecule has 0 heterocycles. The first-order valence-corrected chi connectivity index (χ1v) is 5.99. The summed E-state index contributed by atoms with van der Waals surface area (Å²) in [6.07, 6.45) is 0. The summed E-state index contributed by atoms with van der Waals surface area (Å²) in [5.74, 6) is -2.00. The van der Waals surface area contributed by atoms with Crippen LogP contribution >= 0.6 is 0 Å². The Bertz CT molecular complexity index is 671. The van der Waals surface area contributed by atoms with Crippen LogP contribution in [-0.2, 0) is 6.61 Å². The van der Waals surface area contributed by atoms with E-state index in [0.29, 0.717) is 5.75 Å². The Morgan fingerprint density at radius 1 is 1.19 bits per heavy atom. The zero-order valence-electron chi connectivity index (χ0n) is 11.1. The van der Waals surface area contributed by atoms with Gasteiger partial charge in [-0.15, -0.1) is 0 Å². The van der Waals surface area contributed by atoms with Crippen LogP contribution in [-0.4, -0.2) is 18.2 Å².